The summed E-state index contributed by atoms with van der Waals surface area (Å²) in [4.78, 5) is 10.3. The summed E-state index contributed by atoms with van der Waals surface area (Å²) in [6.45, 7) is 1.68. The molecule has 0 heterocycles. The quantitative estimate of drug-likeness (QED) is 0.253. The Morgan fingerprint density at radius 2 is 1.19 bits per heavy atom. The van der Waals surface area contributed by atoms with Crippen molar-refractivity contribution in [1.82, 2.24) is 4.72 Å². The fourth-order valence-corrected chi connectivity index (χ4v) is 3.85. The van der Waals surface area contributed by atoms with E-state index in [-0.39, 0.29) is 0 Å². The van der Waals surface area contributed by atoms with Crippen LogP contribution in [0.5, 0.6) is 0 Å². The van der Waals surface area contributed by atoms with Crippen molar-refractivity contribution in [3.8, 4) is 0 Å². The van der Waals surface area contributed by atoms with Gasteiger partial charge in [-0.2, -0.15) is 0 Å². The molecule has 2 N–H and O–H groups in total. The minimum absolute atomic E-state index is 0.578. The van der Waals surface area contributed by atoms with Gasteiger partial charge in [0, 0.05) is 5.41 Å². The first kappa shape index (κ1) is 26.1. The van der Waals surface area contributed by atoms with E-state index in [9.17, 15) is 13.2 Å². The van der Waals surface area contributed by atoms with E-state index in [0.29, 0.717) is 6.42 Å². The van der Waals surface area contributed by atoms with Gasteiger partial charge in [-0.1, -0.05) is 103 Å². The molecule has 0 fully saturated rings. The highest BCUT2D eigenvalue weighted by Gasteiger charge is 2.06. The summed E-state index contributed by atoms with van der Waals surface area (Å²) in [5.41, 5.74) is 0. The zero-order chi connectivity index (χ0) is 20.2. The molecule has 0 rings (SSSR count). The fourth-order valence-electron chi connectivity index (χ4n) is 3.04. The second kappa shape index (κ2) is 18.5. The van der Waals surface area contributed by atoms with Gasteiger partial charge in [0.25, 0.3) is 0 Å². The molecule has 0 atom stereocenters. The average molecular weight is 404 g/mol. The van der Waals surface area contributed by atoms with Crippen molar-refractivity contribution < 1.29 is 18.3 Å². The maximum absolute atomic E-state index is 11.4. The van der Waals surface area contributed by atoms with Gasteiger partial charge < -0.3 is 5.11 Å². The number of carbonyl (C=O) groups is 1. The highest BCUT2D eigenvalue weighted by atomic mass is 32.2. The predicted molar refractivity (Wildman–Crippen MR) is 113 cm³/mol. The van der Waals surface area contributed by atoms with Crippen LogP contribution in [0, 0.1) is 0 Å². The van der Waals surface area contributed by atoms with Gasteiger partial charge >= 0.3 is 5.97 Å². The van der Waals surface area contributed by atoms with Crippen molar-refractivity contribution >= 4 is 16.0 Å². The third-order valence-electron chi connectivity index (χ3n) is 4.67. The first-order chi connectivity index (χ1) is 13.0. The number of carboxylic acid groups (broad SMARTS) is 1. The molecule has 0 bridgehead atoms. The number of nitrogens with one attached hydrogen (secondary N) is 1. The first-order valence-electron chi connectivity index (χ1n) is 10.9. The highest BCUT2D eigenvalue weighted by molar-refractivity contribution is 7.92. The van der Waals surface area contributed by atoms with Gasteiger partial charge in [-0.15, -0.1) is 0 Å². The Morgan fingerprint density at radius 1 is 0.778 bits per heavy atom. The van der Waals surface area contributed by atoms with Gasteiger partial charge in [-0.3, -0.25) is 4.79 Å². The van der Waals surface area contributed by atoms with Gasteiger partial charge in [0.15, 0.2) is 0 Å². The SMILES string of the molecule is CCCCCCCCCCCCCCCCC/C=C/S(=O)(=O)NCC(=O)O. The molecule has 0 saturated heterocycles. The van der Waals surface area contributed by atoms with E-state index < -0.39 is 22.5 Å². The number of allylic oxidation sites excluding steroid dienone is 1. The molecule has 0 radical (unpaired) electrons. The van der Waals surface area contributed by atoms with Crippen LogP contribution in [0.15, 0.2) is 11.5 Å². The zero-order valence-corrected chi connectivity index (χ0v) is 18.1. The molecule has 0 unspecified atom stereocenters. The van der Waals surface area contributed by atoms with Crippen LogP contribution < -0.4 is 4.72 Å². The average Bonchev–Trinajstić information content (AvgIpc) is 2.62. The number of aliphatic carboxylic acids is 1. The third-order valence-corrected chi connectivity index (χ3v) is 5.77. The smallest absolute Gasteiger partial charge is 0.318 e. The van der Waals surface area contributed by atoms with Crippen LogP contribution in [0.3, 0.4) is 0 Å². The van der Waals surface area contributed by atoms with E-state index in [4.69, 9.17) is 5.11 Å². The van der Waals surface area contributed by atoms with Crippen LogP contribution in [0.25, 0.3) is 0 Å². The van der Waals surface area contributed by atoms with Crippen LogP contribution in [0.4, 0.5) is 0 Å². The Bertz CT molecular complexity index is 475. The number of hydrogen-bond donors (Lipinski definition) is 2. The van der Waals surface area contributed by atoms with Gasteiger partial charge in [-0.05, 0) is 12.8 Å². The summed E-state index contributed by atoms with van der Waals surface area (Å²) < 4.78 is 24.9. The lowest BCUT2D eigenvalue weighted by molar-refractivity contribution is -0.135. The van der Waals surface area contributed by atoms with Crippen molar-refractivity contribution in [2.24, 2.45) is 0 Å². The van der Waals surface area contributed by atoms with Crippen molar-refractivity contribution in [3.05, 3.63) is 11.5 Å². The van der Waals surface area contributed by atoms with E-state index in [0.717, 1.165) is 18.2 Å². The molecule has 0 aromatic rings. The summed E-state index contributed by atoms with van der Waals surface area (Å²) in [6.07, 6.45) is 22.0. The second-order valence-electron chi connectivity index (χ2n) is 7.37. The minimum Gasteiger partial charge on any atom is -0.480 e. The fraction of sp³-hybridized carbons (Fsp3) is 0.857. The molecule has 0 aliphatic rings. The van der Waals surface area contributed by atoms with Crippen LogP contribution in [-0.4, -0.2) is 26.0 Å². The van der Waals surface area contributed by atoms with E-state index >= 15 is 0 Å². The Labute approximate surface area is 167 Å². The standard InChI is InChI=1S/C21H41NO4S/c1-2-3-4-5-6-7-8-9-10-11-12-13-14-15-16-17-18-19-27(25,26)22-20-21(23)24/h18-19,22H,2-17,20H2,1H3,(H,23,24)/b19-18+. The molecule has 0 amide bonds. The molecule has 0 spiro atoms. The summed E-state index contributed by atoms with van der Waals surface area (Å²) >= 11 is 0. The lowest BCUT2D eigenvalue weighted by Gasteiger charge is -2.03. The highest BCUT2D eigenvalue weighted by Crippen LogP contribution is 2.13. The molecule has 0 aliphatic carbocycles. The summed E-state index contributed by atoms with van der Waals surface area (Å²) in [5.74, 6) is -1.19. The molecule has 160 valence electrons. The van der Waals surface area contributed by atoms with Crippen molar-refractivity contribution in [3.63, 3.8) is 0 Å². The van der Waals surface area contributed by atoms with E-state index in [1.807, 2.05) is 4.72 Å². The number of unbranched alkanes of at least 4 members (excludes halogenated alkanes) is 15. The maximum Gasteiger partial charge on any atom is 0.318 e. The van der Waals surface area contributed by atoms with Gasteiger partial charge in [-0.25, -0.2) is 13.1 Å². The predicted octanol–water partition coefficient (Wildman–Crippen LogP) is 5.77. The van der Waals surface area contributed by atoms with Gasteiger partial charge in [0.1, 0.15) is 6.54 Å². The largest absolute Gasteiger partial charge is 0.480 e. The van der Waals surface area contributed by atoms with Crippen LogP contribution in [0.2, 0.25) is 0 Å². The molecular formula is C21H41NO4S. The van der Waals surface area contributed by atoms with Gasteiger partial charge in [0.2, 0.25) is 10.0 Å². The monoisotopic (exact) mass is 403 g/mol. The molecule has 0 saturated carbocycles. The normalized spacial score (nSPS) is 12.0. The lowest BCUT2D eigenvalue weighted by atomic mass is 10.0. The number of rotatable bonds is 20. The van der Waals surface area contributed by atoms with Crippen molar-refractivity contribution in [2.45, 2.75) is 110 Å². The molecule has 6 heteroatoms. The maximum atomic E-state index is 11.4. The zero-order valence-electron chi connectivity index (χ0n) is 17.3. The Morgan fingerprint density at radius 3 is 1.59 bits per heavy atom. The van der Waals surface area contributed by atoms with Gasteiger partial charge in [0.05, 0.1) is 0 Å². The number of hydrogen-bond acceptors (Lipinski definition) is 3. The summed E-state index contributed by atoms with van der Waals surface area (Å²) in [5, 5.41) is 9.52. The molecule has 5 nitrogen and oxygen atoms in total. The number of carboxylic acids is 1. The van der Waals surface area contributed by atoms with E-state index in [1.165, 1.54) is 83.5 Å². The van der Waals surface area contributed by atoms with Crippen LogP contribution >= 0.6 is 0 Å². The summed E-state index contributed by atoms with van der Waals surface area (Å²) in [7, 11) is -3.61. The van der Waals surface area contributed by atoms with Crippen LogP contribution in [0.1, 0.15) is 110 Å². The van der Waals surface area contributed by atoms with Crippen molar-refractivity contribution in [1.29, 1.82) is 0 Å². The lowest BCUT2D eigenvalue weighted by Crippen LogP contribution is -2.27. The van der Waals surface area contributed by atoms with E-state index in [2.05, 4.69) is 6.92 Å². The third kappa shape index (κ3) is 21.3. The Balaban J connectivity index is 3.31. The number of sulfonamides is 1. The Kier molecular flexibility index (Phi) is 17.9. The topological polar surface area (TPSA) is 83.5 Å². The molecule has 0 aliphatic heterocycles. The Hall–Kier alpha value is -0.880. The molecule has 0 aromatic heterocycles. The second-order valence-corrected chi connectivity index (χ2v) is 9.02. The molecule has 0 aromatic carbocycles. The van der Waals surface area contributed by atoms with E-state index in [1.54, 1.807) is 6.08 Å². The molecule has 27 heavy (non-hydrogen) atoms. The first-order valence-corrected chi connectivity index (χ1v) is 12.4. The summed E-state index contributed by atoms with van der Waals surface area (Å²) in [6, 6.07) is 0. The van der Waals surface area contributed by atoms with Crippen molar-refractivity contribution in [2.75, 3.05) is 6.54 Å². The minimum atomic E-state index is -3.61. The molecular weight excluding hydrogens is 362 g/mol. The van der Waals surface area contributed by atoms with Crippen LogP contribution in [-0.2, 0) is 14.8 Å².